The first-order valence-corrected chi connectivity index (χ1v) is 50.1. The molecule has 0 fully saturated rings. The predicted molar refractivity (Wildman–Crippen MR) is 551 cm³/mol. The number of rotatable bonds is 65. The number of benzene rings is 3. The van der Waals surface area contributed by atoms with E-state index in [1.165, 1.54) is 38.1 Å². The van der Waals surface area contributed by atoms with Crippen LogP contribution >= 0.6 is 0 Å². The topological polar surface area (TPSA) is 798 Å². The molecule has 150 heavy (non-hydrogen) atoms. The Bertz CT molecular complexity index is 5270. The molecule has 1 aromatic heterocycles. The van der Waals surface area contributed by atoms with E-state index in [9.17, 15) is 121 Å². The van der Waals surface area contributed by atoms with Gasteiger partial charge in [-0.2, -0.15) is 0 Å². The summed E-state index contributed by atoms with van der Waals surface area (Å²) in [6.45, 7) is 23.1. The smallest absolute Gasteiger partial charge is 0.326 e. The highest BCUT2D eigenvalue weighted by Crippen LogP contribution is 2.22. The van der Waals surface area contributed by atoms with E-state index in [1.807, 2.05) is 13.8 Å². The van der Waals surface area contributed by atoms with E-state index >= 15 is 0 Å². The Hall–Kier alpha value is -15.0. The Balaban J connectivity index is 1.45. The number of hydrogen-bond acceptors (Lipinski definition) is 26. The summed E-state index contributed by atoms with van der Waals surface area (Å²) in [6, 6.07) is -2.80. The minimum Gasteiger partial charge on any atom is -0.508 e. The summed E-state index contributed by atoms with van der Waals surface area (Å²) < 4.78 is 0. The molecule has 3 aromatic carbocycles. The number of fused-ring (bicyclic) bond motifs is 1. The molecule has 19 atom stereocenters. The standard InChI is InChI=1S/C100H155N25O25/c1-18-54(13)81(96(146)120-73(48-126)93(143)117-69(39-59-26-21-20-22-27-59)87(137)108-44-75(130)107-45-76(131)114-72(99(149)150)41-61-43-106-65-29-24-23-28-63(61)65)121-78(133)47-110-94(144)79(52(9)10)123-97(147)82(55(14)19-2)124-85(135)57(16)112-89(139)66(30-25-35-105-100(103)104)115-98(148)83(58(17)127)125-92(142)70(40-60-31-33-62(128)34-32-60)113-77(132)46-109-88(138)71(42-74(102)129)118-90(140)67(37-50(5)6)116-91(141)68(38-51(7)8)119-95(145)80(53(11)12)122-84(134)56(15)111-86(136)64(101)36-49(3)4/h20-24,26-29,31-34,43,49-58,64,66-73,79-83,106,126-128H,18-19,25,30,35-42,44-48,101H2,1-17H3,(H2,102,129)(H,107,130)(H,108,137)(H,109,138)(H,110,144)(H,111,136)(H,112,139)(H,113,132)(H,114,131)(H,115,148)(H,116,141)(H,117,143)(H,118,140)(H,119,145)(H,120,146)(H,121,133)(H,122,134)(H,123,147)(H,124,135)(H,125,142)(H,149,150)(H4,103,104,105)/t54-,55-,56-,57-,58+,64-,66-,67-,68-,69-,70-,71-,72-,73-,79-,80-,81-,82-,83-/m0/s1. The number of guanidine groups is 1. The van der Waals surface area contributed by atoms with Crippen molar-refractivity contribution in [2.24, 2.45) is 58.6 Å². The fourth-order valence-electron chi connectivity index (χ4n) is 15.4. The molecule has 4 aromatic rings. The highest BCUT2D eigenvalue weighted by atomic mass is 16.4. The number of para-hydroxylation sites is 1. The lowest BCUT2D eigenvalue weighted by Crippen LogP contribution is -2.62. The fraction of sp³-hybridized carbons (Fsp3) is 0.580. The van der Waals surface area contributed by atoms with Crippen LogP contribution in [0.5, 0.6) is 5.75 Å². The van der Waals surface area contributed by atoms with Crippen LogP contribution in [0.15, 0.2) is 85.1 Å². The van der Waals surface area contributed by atoms with Crippen LogP contribution in [-0.2, 0) is 120 Å². The third-order valence-electron chi connectivity index (χ3n) is 24.3. The minimum atomic E-state index is -1.96. The molecule has 0 saturated heterocycles. The van der Waals surface area contributed by atoms with Crippen molar-refractivity contribution in [1.82, 2.24) is 111 Å². The zero-order valence-electron chi connectivity index (χ0n) is 88.1. The fourth-order valence-corrected chi connectivity index (χ4v) is 15.4. The quantitative estimate of drug-likeness (QED) is 0.0112. The molecule has 50 heteroatoms. The van der Waals surface area contributed by atoms with Gasteiger partial charge in [0.05, 0.1) is 51.4 Å². The molecule has 0 aliphatic heterocycles. The number of nitrogens with one attached hydrogen (secondary N) is 22. The Morgan fingerprint density at radius 3 is 1.28 bits per heavy atom. The lowest BCUT2D eigenvalue weighted by molar-refractivity contribution is -0.141. The van der Waals surface area contributed by atoms with Crippen molar-refractivity contribution >= 4 is 141 Å². The van der Waals surface area contributed by atoms with E-state index in [2.05, 4.69) is 111 Å². The van der Waals surface area contributed by atoms with Crippen molar-refractivity contribution in [3.63, 3.8) is 0 Å². The number of carbonyl (C=O) groups excluding carboxylic acids is 20. The van der Waals surface area contributed by atoms with Gasteiger partial charge in [-0.25, -0.2) is 4.79 Å². The number of aliphatic hydroxyl groups excluding tert-OH is 2. The Morgan fingerprint density at radius 1 is 0.367 bits per heavy atom. The van der Waals surface area contributed by atoms with E-state index in [0.29, 0.717) is 23.1 Å². The average molecular weight is 2110 g/mol. The van der Waals surface area contributed by atoms with Gasteiger partial charge in [-0.05, 0) is 129 Å². The lowest BCUT2D eigenvalue weighted by Gasteiger charge is -2.29. The van der Waals surface area contributed by atoms with Crippen LogP contribution in [0, 0.1) is 46.8 Å². The highest BCUT2D eigenvalue weighted by Gasteiger charge is 2.41. The molecule has 0 spiro atoms. The van der Waals surface area contributed by atoms with Crippen LogP contribution in [0.1, 0.15) is 186 Å². The van der Waals surface area contributed by atoms with E-state index in [1.54, 1.807) is 144 Å². The second kappa shape index (κ2) is 63.7. The third kappa shape index (κ3) is 44.6. The molecular formula is C100H155N25O25. The Kier molecular flexibility index (Phi) is 54.0. The van der Waals surface area contributed by atoms with Crippen LogP contribution in [0.2, 0.25) is 0 Å². The lowest BCUT2D eigenvalue weighted by atomic mass is 9.96. The maximum atomic E-state index is 14.6. The largest absolute Gasteiger partial charge is 0.508 e. The SMILES string of the molecule is CC[C@H](C)[C@H](NC(=O)CNC(=O)[C@@H](NC(=O)[C@@H](NC(=O)[C@H](C)NC(=O)[C@H](CCCNC(=N)N)NC(=O)[C@@H](NC(=O)[C@H](Cc1ccc(O)cc1)NC(=O)CNC(=O)[C@H](CC(N)=O)NC(=O)[C@H](CC(C)C)NC(=O)[C@H](CC(C)C)NC(=O)[C@@H](NC(=O)[C@H](C)NC(=O)[C@@H](N)CC(C)C)C(C)C)[C@@H](C)O)[C@@H](C)CC)C(C)C)C(=O)N[C@@H](CO)C(=O)N[C@@H](Cc1ccccc1)C(=O)NCC(=O)NCC(=O)N[C@@H](Cc1c[nH]c2ccccc12)C(=O)O. The molecule has 0 radical (unpaired) electrons. The van der Waals surface area contributed by atoms with Gasteiger partial charge in [-0.1, -0.05) is 170 Å². The molecule has 4 rings (SSSR count). The summed E-state index contributed by atoms with van der Waals surface area (Å²) in [7, 11) is 0. The number of carboxylic acids is 1. The normalized spacial score (nSPS) is 15.1. The first kappa shape index (κ1) is 127. The van der Waals surface area contributed by atoms with Crippen LogP contribution in [0.25, 0.3) is 10.9 Å². The van der Waals surface area contributed by atoms with Gasteiger partial charge in [0.15, 0.2) is 5.96 Å². The zero-order valence-corrected chi connectivity index (χ0v) is 88.1. The summed E-state index contributed by atoms with van der Waals surface area (Å²) in [5.41, 5.74) is 19.3. The van der Waals surface area contributed by atoms with Gasteiger partial charge in [-0.3, -0.25) is 101 Å². The maximum Gasteiger partial charge on any atom is 0.326 e. The van der Waals surface area contributed by atoms with Gasteiger partial charge in [-0.15, -0.1) is 0 Å². The number of phenols is 1. The molecule has 0 saturated carbocycles. The number of aromatic hydroxyl groups is 1. The Labute approximate surface area is 871 Å². The molecule has 32 N–H and O–H groups in total. The van der Waals surface area contributed by atoms with Crippen molar-refractivity contribution in [3.05, 3.63) is 102 Å². The summed E-state index contributed by atoms with van der Waals surface area (Å²) in [6.07, 6.45) is -1.21. The highest BCUT2D eigenvalue weighted by molar-refractivity contribution is 6.02. The molecule has 0 aliphatic carbocycles. The number of phenolic OH excluding ortho intramolecular Hbond substituents is 1. The number of aromatic amines is 1. The third-order valence-corrected chi connectivity index (χ3v) is 24.3. The first-order chi connectivity index (χ1) is 70.5. The minimum absolute atomic E-state index is 0.0151. The number of aliphatic hydroxyl groups is 2. The maximum absolute atomic E-state index is 14.6. The number of nitrogens with two attached hydrogens (primary N) is 3. The molecule has 1 heterocycles. The van der Waals surface area contributed by atoms with Gasteiger partial charge in [0.25, 0.3) is 0 Å². The van der Waals surface area contributed by atoms with Crippen LogP contribution in [-0.4, -0.2) is 298 Å². The van der Waals surface area contributed by atoms with Crippen LogP contribution < -0.4 is 124 Å². The molecular weight excluding hydrogens is 1950 g/mol. The van der Waals surface area contributed by atoms with E-state index in [0.717, 1.165) is 17.8 Å². The molecule has 0 unspecified atom stereocenters. The van der Waals surface area contributed by atoms with Crippen molar-refractivity contribution in [3.8, 4) is 5.75 Å². The van der Waals surface area contributed by atoms with Gasteiger partial charge in [0.1, 0.15) is 96.4 Å². The number of amides is 20. The van der Waals surface area contributed by atoms with Gasteiger partial charge < -0.3 is 149 Å². The van der Waals surface area contributed by atoms with Crippen molar-refractivity contribution < 1.29 is 121 Å². The van der Waals surface area contributed by atoms with E-state index < -0.39 is 302 Å². The predicted octanol–water partition coefficient (Wildman–Crippen LogP) is -4.86. The molecule has 0 bridgehead atoms. The van der Waals surface area contributed by atoms with Crippen molar-refractivity contribution in [2.75, 3.05) is 39.3 Å². The number of hydrogen-bond donors (Lipinski definition) is 29. The second-order valence-corrected chi connectivity index (χ2v) is 39.3. The van der Waals surface area contributed by atoms with Crippen molar-refractivity contribution in [1.29, 1.82) is 5.41 Å². The van der Waals surface area contributed by atoms with Crippen LogP contribution in [0.4, 0.5) is 0 Å². The van der Waals surface area contributed by atoms with Gasteiger partial charge in [0, 0.05) is 42.9 Å². The first-order valence-electron chi connectivity index (χ1n) is 50.1. The number of aromatic nitrogens is 1. The number of carboxylic acid groups (broad SMARTS) is 1. The van der Waals surface area contributed by atoms with Crippen LogP contribution in [0.3, 0.4) is 0 Å². The second-order valence-electron chi connectivity index (χ2n) is 39.3. The van der Waals surface area contributed by atoms with E-state index in [4.69, 9.17) is 22.6 Å². The monoisotopic (exact) mass is 2110 g/mol. The summed E-state index contributed by atoms with van der Waals surface area (Å²) in [5.74, 6) is -24.2. The summed E-state index contributed by atoms with van der Waals surface area (Å²) in [4.78, 5) is 293. The molecule has 50 nitrogen and oxygen atoms in total. The molecule has 20 amide bonds. The number of primary amides is 1. The van der Waals surface area contributed by atoms with Gasteiger partial charge in [0.2, 0.25) is 118 Å². The van der Waals surface area contributed by atoms with E-state index in [-0.39, 0.29) is 81.4 Å². The molecule has 0 aliphatic rings. The summed E-state index contributed by atoms with van der Waals surface area (Å²) in [5, 5.41) is 99.9. The molecule has 830 valence electrons. The van der Waals surface area contributed by atoms with Gasteiger partial charge >= 0.3 is 5.97 Å². The number of H-pyrrole nitrogens is 1. The average Bonchev–Trinajstić information content (AvgIpc) is 1.67. The Morgan fingerprint density at radius 2 is 0.760 bits per heavy atom. The number of aliphatic carboxylic acids is 1. The number of carbonyl (C=O) groups is 21. The summed E-state index contributed by atoms with van der Waals surface area (Å²) >= 11 is 0. The zero-order chi connectivity index (χ0) is 113. The van der Waals surface area contributed by atoms with Crippen molar-refractivity contribution in [2.45, 2.75) is 291 Å².